The molecule has 2 atom stereocenters. The van der Waals surface area contributed by atoms with E-state index in [1.165, 1.54) is 19.3 Å². The molecule has 17 heavy (non-hydrogen) atoms. The zero-order valence-corrected chi connectivity index (χ0v) is 10.5. The van der Waals surface area contributed by atoms with Gasteiger partial charge < -0.3 is 4.74 Å². The Hall–Kier alpha value is -1.38. The minimum atomic E-state index is 0.0371. The normalized spacial score (nSPS) is 24.4. The summed E-state index contributed by atoms with van der Waals surface area (Å²) < 4.78 is 5.88. The summed E-state index contributed by atoms with van der Waals surface area (Å²) in [5.41, 5.74) is 0.633. The maximum atomic E-state index is 11.1. The lowest BCUT2D eigenvalue weighted by molar-refractivity contribution is 0.0972. The van der Waals surface area contributed by atoms with Gasteiger partial charge in [-0.15, -0.1) is 0 Å². The minimum Gasteiger partial charge on any atom is -0.474 e. The van der Waals surface area contributed by atoms with Crippen LogP contribution >= 0.6 is 0 Å². The van der Waals surface area contributed by atoms with E-state index in [2.05, 4.69) is 11.9 Å². The number of hydrogen-bond donors (Lipinski definition) is 0. The Morgan fingerprint density at radius 1 is 1.35 bits per heavy atom. The van der Waals surface area contributed by atoms with Crippen molar-refractivity contribution < 1.29 is 9.53 Å². The molecule has 0 N–H and O–H groups in total. The average molecular weight is 233 g/mol. The standard InChI is InChI=1S/C14H19NO2/c1-10-5-3-4-6-13(10)17-14-8-7-12(9-15-14)11(2)16/h7-10,13H,3-6H2,1-2H3. The second-order valence-electron chi connectivity index (χ2n) is 4.86. The summed E-state index contributed by atoms with van der Waals surface area (Å²) >= 11 is 0. The van der Waals surface area contributed by atoms with E-state index in [1.807, 2.05) is 0 Å². The van der Waals surface area contributed by atoms with Crippen LogP contribution in [0.4, 0.5) is 0 Å². The first kappa shape index (κ1) is 12.1. The molecule has 0 amide bonds. The van der Waals surface area contributed by atoms with Gasteiger partial charge in [0.1, 0.15) is 6.10 Å². The zero-order valence-electron chi connectivity index (χ0n) is 10.5. The van der Waals surface area contributed by atoms with Crippen molar-refractivity contribution in [3.8, 4) is 5.88 Å². The summed E-state index contributed by atoms with van der Waals surface area (Å²) in [6.07, 6.45) is 6.75. The first-order chi connectivity index (χ1) is 8.16. The fraction of sp³-hybridized carbons (Fsp3) is 0.571. The fourth-order valence-corrected chi connectivity index (χ4v) is 2.27. The molecule has 0 spiro atoms. The lowest BCUT2D eigenvalue weighted by atomic mass is 9.88. The Morgan fingerprint density at radius 3 is 2.71 bits per heavy atom. The molecule has 2 rings (SSSR count). The summed E-state index contributed by atoms with van der Waals surface area (Å²) in [5, 5.41) is 0. The minimum absolute atomic E-state index is 0.0371. The quantitative estimate of drug-likeness (QED) is 0.752. The maximum Gasteiger partial charge on any atom is 0.213 e. The van der Waals surface area contributed by atoms with Crippen LogP contribution in [0.2, 0.25) is 0 Å². The van der Waals surface area contributed by atoms with Crippen LogP contribution in [0.5, 0.6) is 5.88 Å². The highest BCUT2D eigenvalue weighted by Crippen LogP contribution is 2.27. The van der Waals surface area contributed by atoms with Gasteiger partial charge in [-0.05, 0) is 38.2 Å². The van der Waals surface area contributed by atoms with Crippen LogP contribution in [0.3, 0.4) is 0 Å². The summed E-state index contributed by atoms with van der Waals surface area (Å²) in [4.78, 5) is 15.3. The van der Waals surface area contributed by atoms with Crippen LogP contribution in [0.15, 0.2) is 18.3 Å². The van der Waals surface area contributed by atoms with E-state index in [0.29, 0.717) is 17.4 Å². The van der Waals surface area contributed by atoms with Crippen LogP contribution in [0.1, 0.15) is 49.9 Å². The first-order valence-electron chi connectivity index (χ1n) is 6.30. The zero-order chi connectivity index (χ0) is 12.3. The van der Waals surface area contributed by atoms with Crippen LogP contribution < -0.4 is 4.74 Å². The van der Waals surface area contributed by atoms with Crippen molar-refractivity contribution >= 4 is 5.78 Å². The van der Waals surface area contributed by atoms with E-state index in [9.17, 15) is 4.79 Å². The molecule has 0 aliphatic heterocycles. The first-order valence-corrected chi connectivity index (χ1v) is 6.30. The molecule has 1 heterocycles. The third-order valence-electron chi connectivity index (χ3n) is 3.45. The van der Waals surface area contributed by atoms with Gasteiger partial charge in [-0.3, -0.25) is 4.79 Å². The molecule has 0 saturated heterocycles. The molecule has 1 saturated carbocycles. The monoisotopic (exact) mass is 233 g/mol. The molecule has 3 heteroatoms. The molecule has 1 fully saturated rings. The SMILES string of the molecule is CC(=O)c1ccc(OC2CCCCC2C)nc1. The topological polar surface area (TPSA) is 39.2 Å². The predicted molar refractivity (Wildman–Crippen MR) is 66.3 cm³/mol. The van der Waals surface area contributed by atoms with Crippen molar-refractivity contribution in [3.63, 3.8) is 0 Å². The van der Waals surface area contributed by atoms with E-state index in [0.717, 1.165) is 6.42 Å². The Kier molecular flexibility index (Phi) is 3.77. The number of carbonyl (C=O) groups is 1. The molecule has 2 unspecified atom stereocenters. The van der Waals surface area contributed by atoms with Gasteiger partial charge in [-0.25, -0.2) is 4.98 Å². The highest BCUT2D eigenvalue weighted by Gasteiger charge is 2.23. The molecule has 0 aromatic carbocycles. The van der Waals surface area contributed by atoms with Gasteiger partial charge in [0.15, 0.2) is 5.78 Å². The molecule has 0 bridgehead atoms. The van der Waals surface area contributed by atoms with E-state index >= 15 is 0 Å². The van der Waals surface area contributed by atoms with Gasteiger partial charge in [0.2, 0.25) is 5.88 Å². The Balaban J connectivity index is 2.00. The van der Waals surface area contributed by atoms with Gasteiger partial charge in [-0.2, -0.15) is 0 Å². The Morgan fingerprint density at radius 2 is 2.12 bits per heavy atom. The summed E-state index contributed by atoms with van der Waals surface area (Å²) in [5.74, 6) is 1.27. The lowest BCUT2D eigenvalue weighted by Gasteiger charge is -2.28. The van der Waals surface area contributed by atoms with Crippen molar-refractivity contribution in [2.75, 3.05) is 0 Å². The van der Waals surface area contributed by atoms with Crippen molar-refractivity contribution in [2.24, 2.45) is 5.92 Å². The number of hydrogen-bond acceptors (Lipinski definition) is 3. The number of rotatable bonds is 3. The highest BCUT2D eigenvalue weighted by molar-refractivity contribution is 5.93. The van der Waals surface area contributed by atoms with Gasteiger partial charge in [0, 0.05) is 17.8 Å². The maximum absolute atomic E-state index is 11.1. The molecule has 1 aliphatic rings. The van der Waals surface area contributed by atoms with Crippen LogP contribution in [0.25, 0.3) is 0 Å². The molecule has 0 radical (unpaired) electrons. The van der Waals surface area contributed by atoms with Crippen LogP contribution in [-0.4, -0.2) is 16.9 Å². The second-order valence-corrected chi connectivity index (χ2v) is 4.86. The van der Waals surface area contributed by atoms with Gasteiger partial charge in [0.05, 0.1) is 0 Å². The third-order valence-corrected chi connectivity index (χ3v) is 3.45. The fourth-order valence-electron chi connectivity index (χ4n) is 2.27. The number of carbonyl (C=O) groups excluding carboxylic acids is 1. The number of pyridine rings is 1. The third kappa shape index (κ3) is 3.05. The number of nitrogens with zero attached hydrogens (tertiary/aromatic N) is 1. The van der Waals surface area contributed by atoms with Gasteiger partial charge in [-0.1, -0.05) is 13.3 Å². The van der Waals surface area contributed by atoms with Crippen molar-refractivity contribution in [1.82, 2.24) is 4.98 Å². The average Bonchev–Trinajstić information content (AvgIpc) is 2.33. The number of Topliss-reactive ketones (excluding diaryl/α,β-unsaturated/α-hetero) is 1. The molecule has 3 nitrogen and oxygen atoms in total. The highest BCUT2D eigenvalue weighted by atomic mass is 16.5. The lowest BCUT2D eigenvalue weighted by Crippen LogP contribution is -2.28. The van der Waals surface area contributed by atoms with E-state index in [-0.39, 0.29) is 11.9 Å². The van der Waals surface area contributed by atoms with Crippen molar-refractivity contribution in [1.29, 1.82) is 0 Å². The number of ether oxygens (including phenoxy) is 1. The molecule has 92 valence electrons. The largest absolute Gasteiger partial charge is 0.474 e. The van der Waals surface area contributed by atoms with Crippen LogP contribution in [-0.2, 0) is 0 Å². The summed E-state index contributed by atoms with van der Waals surface area (Å²) in [7, 11) is 0. The van der Waals surface area contributed by atoms with Gasteiger partial charge in [0.25, 0.3) is 0 Å². The van der Waals surface area contributed by atoms with E-state index in [4.69, 9.17) is 4.74 Å². The molecular weight excluding hydrogens is 214 g/mol. The smallest absolute Gasteiger partial charge is 0.213 e. The summed E-state index contributed by atoms with van der Waals surface area (Å²) in [6.45, 7) is 3.77. The molecule has 1 aliphatic carbocycles. The Bertz CT molecular complexity index is 386. The molecular formula is C14H19NO2. The number of aromatic nitrogens is 1. The second kappa shape index (κ2) is 5.30. The predicted octanol–water partition coefficient (Wildman–Crippen LogP) is 3.24. The Labute approximate surface area is 102 Å². The van der Waals surface area contributed by atoms with E-state index in [1.54, 1.807) is 25.3 Å². The van der Waals surface area contributed by atoms with Gasteiger partial charge >= 0.3 is 0 Å². The number of ketones is 1. The molecule has 1 aromatic rings. The summed E-state index contributed by atoms with van der Waals surface area (Å²) in [6, 6.07) is 3.57. The molecule has 1 aromatic heterocycles. The van der Waals surface area contributed by atoms with Crippen molar-refractivity contribution in [2.45, 2.75) is 45.6 Å². The van der Waals surface area contributed by atoms with E-state index < -0.39 is 0 Å². The van der Waals surface area contributed by atoms with Crippen LogP contribution in [0, 0.1) is 5.92 Å². The van der Waals surface area contributed by atoms with Crippen molar-refractivity contribution in [3.05, 3.63) is 23.9 Å².